The number of hydrogen-bond acceptors (Lipinski definition) is 14. The summed E-state index contributed by atoms with van der Waals surface area (Å²) in [5.41, 5.74) is 7.96. The van der Waals surface area contributed by atoms with Gasteiger partial charge in [0.1, 0.15) is 9.22 Å². The first-order valence-electron chi connectivity index (χ1n) is 19.2. The van der Waals surface area contributed by atoms with Gasteiger partial charge in [-0.2, -0.15) is 13.9 Å². The van der Waals surface area contributed by atoms with Gasteiger partial charge in [-0.3, -0.25) is 9.59 Å². The van der Waals surface area contributed by atoms with Crippen LogP contribution in [0.3, 0.4) is 0 Å². The highest BCUT2D eigenvalue weighted by Crippen LogP contribution is 2.35. The molecule has 0 unspecified atom stereocenters. The normalized spacial score (nSPS) is 14.7. The summed E-state index contributed by atoms with van der Waals surface area (Å²) < 4.78 is 31.6. The third kappa shape index (κ3) is 9.42. The van der Waals surface area contributed by atoms with Crippen LogP contribution in [0, 0.1) is 13.8 Å². The molecule has 2 aliphatic rings. The van der Waals surface area contributed by atoms with Crippen LogP contribution in [0.1, 0.15) is 44.9 Å². The van der Waals surface area contributed by atoms with Gasteiger partial charge in [0.25, 0.3) is 15.6 Å². The monoisotopic (exact) mass is 911 g/mol. The summed E-state index contributed by atoms with van der Waals surface area (Å²) in [4.78, 5) is 37.9. The Kier molecular flexibility index (Phi) is 12.6. The van der Waals surface area contributed by atoms with Gasteiger partial charge in [-0.05, 0) is 90.9 Å². The molecule has 5 aromatic heterocycles. The summed E-state index contributed by atoms with van der Waals surface area (Å²) >= 11 is 7.62. The molecule has 1 fully saturated rings. The molecule has 2 aromatic carbocycles. The maximum Gasteiger partial charge on any atom is 0.275 e. The number of thiazole rings is 1. The van der Waals surface area contributed by atoms with Crippen molar-refractivity contribution in [1.29, 1.82) is 0 Å². The molecular formula is C43H41N7O4S6. The summed E-state index contributed by atoms with van der Waals surface area (Å²) in [5.74, 6) is 0.658. The first-order valence-corrected chi connectivity index (χ1v) is 24.9. The third-order valence-corrected chi connectivity index (χ3v) is 17.5. The van der Waals surface area contributed by atoms with E-state index in [1.54, 1.807) is 63.0 Å². The van der Waals surface area contributed by atoms with Crippen LogP contribution in [0.25, 0.3) is 26.4 Å². The number of carbonyl (C=O) groups excluding carboxylic acids is 1. The molecule has 0 spiro atoms. The second-order valence-corrected chi connectivity index (χ2v) is 21.6. The van der Waals surface area contributed by atoms with Gasteiger partial charge in [0.2, 0.25) is 4.96 Å². The van der Waals surface area contributed by atoms with Crippen molar-refractivity contribution in [3.05, 3.63) is 139 Å². The van der Waals surface area contributed by atoms with Crippen molar-refractivity contribution in [3.63, 3.8) is 0 Å². The minimum absolute atomic E-state index is 0.0693. The van der Waals surface area contributed by atoms with Gasteiger partial charge in [-0.1, -0.05) is 67.0 Å². The highest BCUT2D eigenvalue weighted by atomic mass is 32.2. The Morgan fingerprint density at radius 1 is 0.933 bits per heavy atom. The zero-order valence-electron chi connectivity index (χ0n) is 33.1. The molecule has 0 saturated carbocycles. The van der Waals surface area contributed by atoms with E-state index in [0.717, 1.165) is 58.4 Å². The molecule has 1 aliphatic carbocycles. The predicted molar refractivity (Wildman–Crippen MR) is 251 cm³/mol. The van der Waals surface area contributed by atoms with E-state index < -0.39 is 10.0 Å². The maximum absolute atomic E-state index is 13.1. The quantitative estimate of drug-likeness (QED) is 0.125. The molecule has 7 aromatic rings. The lowest BCUT2D eigenvalue weighted by Crippen LogP contribution is -2.48. The summed E-state index contributed by atoms with van der Waals surface area (Å²) in [6.07, 6.45) is 6.33. The standard InChI is InChI=1S/C22H24N2O3S2.C21H17N5OS4/c1-16-3-4-17(2)20(15-16)23-11-13-24(14-12-23)29(26,27)22-10-9-21(28-22)18-5-7-19(25)8-6-18;1-3-18-25-26-19(27)10-14(23-20(26)31-18)11-29-21-24-15-7-6-13(9-17(15)30-21)22-12(2)16-5-4-8-28-16/h3-7,9-10,15H,8,11-14H2,1-2H3;4-10,22H,2-3,11H2,1H3. The molecule has 0 atom stereocenters. The highest BCUT2D eigenvalue weighted by molar-refractivity contribution is 8.00. The molecule has 11 nitrogen and oxygen atoms in total. The number of aromatic nitrogens is 4. The van der Waals surface area contributed by atoms with E-state index in [4.69, 9.17) is 4.98 Å². The van der Waals surface area contributed by atoms with Crippen molar-refractivity contribution in [2.24, 2.45) is 0 Å². The van der Waals surface area contributed by atoms with E-state index in [-0.39, 0.29) is 11.3 Å². The fourth-order valence-corrected chi connectivity index (χ4v) is 13.1. The van der Waals surface area contributed by atoms with E-state index in [0.29, 0.717) is 47.5 Å². The van der Waals surface area contributed by atoms with Gasteiger partial charge in [0.15, 0.2) is 10.1 Å². The summed E-state index contributed by atoms with van der Waals surface area (Å²) in [6, 6.07) is 21.6. The number of fused-ring (bicyclic) bond motifs is 2. The average Bonchev–Trinajstić information content (AvgIpc) is 4.09. The molecule has 17 heteroatoms. The van der Waals surface area contributed by atoms with Gasteiger partial charge in [-0.25, -0.2) is 18.4 Å². The molecule has 0 radical (unpaired) electrons. The fraction of sp³-hybridized carbons (Fsp3) is 0.233. The smallest absolute Gasteiger partial charge is 0.275 e. The van der Waals surface area contributed by atoms with Gasteiger partial charge < -0.3 is 10.2 Å². The fourth-order valence-electron chi connectivity index (χ4n) is 6.66. The molecule has 1 aliphatic heterocycles. The lowest BCUT2D eigenvalue weighted by Gasteiger charge is -2.36. The number of sulfonamides is 1. The van der Waals surface area contributed by atoms with E-state index in [1.807, 2.05) is 48.7 Å². The number of aryl methyl sites for hydroxylation is 3. The molecule has 1 N–H and O–H groups in total. The first kappa shape index (κ1) is 42.0. The van der Waals surface area contributed by atoms with Crippen LogP contribution in [0.2, 0.25) is 0 Å². The van der Waals surface area contributed by atoms with Gasteiger partial charge >= 0.3 is 0 Å². The maximum atomic E-state index is 13.1. The van der Waals surface area contributed by atoms with Gasteiger partial charge in [0, 0.05) is 71.2 Å². The van der Waals surface area contributed by atoms with Gasteiger partial charge in [-0.15, -0.1) is 34.0 Å². The molecule has 308 valence electrons. The summed E-state index contributed by atoms with van der Waals surface area (Å²) in [5, 5.41) is 10.6. The predicted octanol–water partition coefficient (Wildman–Crippen LogP) is 9.55. The zero-order valence-corrected chi connectivity index (χ0v) is 38.0. The van der Waals surface area contributed by atoms with Crippen molar-refractivity contribution >= 4 is 111 Å². The van der Waals surface area contributed by atoms with E-state index >= 15 is 0 Å². The Morgan fingerprint density at radius 3 is 2.52 bits per heavy atom. The topological polar surface area (TPSA) is 130 Å². The van der Waals surface area contributed by atoms with Crippen molar-refractivity contribution in [2.45, 2.75) is 47.9 Å². The molecule has 0 amide bonds. The second kappa shape index (κ2) is 18.1. The number of thiophene rings is 2. The molecule has 9 rings (SSSR count). The van der Waals surface area contributed by atoms with Crippen molar-refractivity contribution in [1.82, 2.24) is 23.9 Å². The Bertz CT molecular complexity index is 2950. The molecule has 0 bridgehead atoms. The van der Waals surface area contributed by atoms with Crippen molar-refractivity contribution < 1.29 is 13.2 Å². The van der Waals surface area contributed by atoms with E-state index in [1.165, 1.54) is 44.0 Å². The number of piperazine rings is 1. The minimum atomic E-state index is -3.51. The number of ketones is 1. The van der Waals surface area contributed by atoms with Gasteiger partial charge in [0.05, 0.1) is 15.9 Å². The Balaban J connectivity index is 0.000000167. The first-order chi connectivity index (χ1) is 28.9. The minimum Gasteiger partial charge on any atom is -0.369 e. The lowest BCUT2D eigenvalue weighted by atomic mass is 10.1. The van der Waals surface area contributed by atoms with Crippen LogP contribution in [0.4, 0.5) is 11.4 Å². The molecule has 1 saturated heterocycles. The number of thioether (sulfide) groups is 1. The van der Waals surface area contributed by atoms with Crippen molar-refractivity contribution in [2.75, 3.05) is 36.4 Å². The largest absolute Gasteiger partial charge is 0.369 e. The Morgan fingerprint density at radius 2 is 1.77 bits per heavy atom. The number of carbonyl (C=O) groups is 1. The number of rotatable bonds is 11. The number of allylic oxidation sites excluding steroid dienone is 4. The Labute approximate surface area is 368 Å². The van der Waals surface area contributed by atoms with E-state index in [2.05, 4.69) is 65.0 Å². The molecule has 6 heterocycles. The van der Waals surface area contributed by atoms with Crippen LogP contribution < -0.4 is 15.8 Å². The average molecular weight is 912 g/mol. The molecule has 60 heavy (non-hydrogen) atoms. The van der Waals surface area contributed by atoms with Crippen LogP contribution >= 0.6 is 57.1 Å². The SMILES string of the molecule is C=C(Nc1ccc2nc(SCc3cc(=O)n4nc(CC)sc4n3)sc2c1)c1cccs1.Cc1ccc(C)c(N2CCN(S(=O)(=O)c3ccc(C4=CCC(=O)C=C4)s3)CC2)c1. The summed E-state index contributed by atoms with van der Waals surface area (Å²) in [7, 11) is -3.51. The number of anilines is 2. The number of nitrogens with one attached hydrogen (secondary N) is 1. The number of benzene rings is 2. The van der Waals surface area contributed by atoms with Crippen LogP contribution in [-0.4, -0.2) is 64.3 Å². The number of nitrogens with zero attached hydrogens (tertiary/aromatic N) is 6. The third-order valence-electron chi connectivity index (χ3n) is 9.84. The lowest BCUT2D eigenvalue weighted by molar-refractivity contribution is -0.113. The van der Waals surface area contributed by atoms with Crippen LogP contribution in [0.15, 0.2) is 110 Å². The zero-order chi connectivity index (χ0) is 42.0. The Hall–Kier alpha value is -4.75. The van der Waals surface area contributed by atoms with Crippen LogP contribution in [0.5, 0.6) is 0 Å². The van der Waals surface area contributed by atoms with Crippen molar-refractivity contribution in [3.8, 4) is 0 Å². The number of hydrogen-bond donors (Lipinski definition) is 1. The second-order valence-electron chi connectivity index (χ2n) is 14.1. The molecular weight excluding hydrogens is 871 g/mol. The summed E-state index contributed by atoms with van der Waals surface area (Å²) in [6.45, 7) is 12.6. The van der Waals surface area contributed by atoms with Crippen LogP contribution in [-0.2, 0) is 27.0 Å². The highest BCUT2D eigenvalue weighted by Gasteiger charge is 2.30. The van der Waals surface area contributed by atoms with E-state index in [9.17, 15) is 18.0 Å².